The molecule has 3 rings (SSSR count). The van der Waals surface area contributed by atoms with Gasteiger partial charge in [0.1, 0.15) is 0 Å². The zero-order chi connectivity index (χ0) is 13.9. The van der Waals surface area contributed by atoms with Gasteiger partial charge in [-0.3, -0.25) is 9.97 Å². The Morgan fingerprint density at radius 3 is 2.70 bits per heavy atom. The van der Waals surface area contributed by atoms with Crippen molar-refractivity contribution in [2.24, 2.45) is 0 Å². The van der Waals surface area contributed by atoms with Crippen molar-refractivity contribution in [3.05, 3.63) is 71.8 Å². The number of hydrogen-bond donors (Lipinski definition) is 1. The molecule has 2 aromatic heterocycles. The van der Waals surface area contributed by atoms with Gasteiger partial charge in [0.25, 0.3) is 0 Å². The molecule has 0 radical (unpaired) electrons. The van der Waals surface area contributed by atoms with E-state index in [1.807, 2.05) is 37.8 Å². The molecule has 0 aliphatic heterocycles. The SMILES string of the molecule is CNC(c1cnccc1C)c1nccc2ccccc12. The average molecular weight is 263 g/mol. The third-order valence-corrected chi connectivity index (χ3v) is 3.66. The molecule has 1 N–H and O–H groups in total. The summed E-state index contributed by atoms with van der Waals surface area (Å²) in [4.78, 5) is 8.86. The predicted octanol–water partition coefficient (Wildman–Crippen LogP) is 3.25. The molecule has 1 unspecified atom stereocenters. The van der Waals surface area contributed by atoms with Gasteiger partial charge in [-0.2, -0.15) is 0 Å². The maximum absolute atomic E-state index is 4.61. The monoisotopic (exact) mass is 263 g/mol. The van der Waals surface area contributed by atoms with Gasteiger partial charge in [-0.15, -0.1) is 0 Å². The fourth-order valence-electron chi connectivity index (χ4n) is 2.59. The molecular weight excluding hydrogens is 246 g/mol. The molecule has 0 fully saturated rings. The molecule has 3 aromatic rings. The average Bonchev–Trinajstić information content (AvgIpc) is 2.50. The summed E-state index contributed by atoms with van der Waals surface area (Å²) in [5.74, 6) is 0. The van der Waals surface area contributed by atoms with Gasteiger partial charge in [0.05, 0.1) is 11.7 Å². The zero-order valence-electron chi connectivity index (χ0n) is 11.7. The highest BCUT2D eigenvalue weighted by atomic mass is 14.9. The summed E-state index contributed by atoms with van der Waals surface area (Å²) in [6.07, 6.45) is 5.61. The second-order valence-electron chi connectivity index (χ2n) is 4.87. The molecule has 3 nitrogen and oxygen atoms in total. The van der Waals surface area contributed by atoms with Crippen LogP contribution in [0.5, 0.6) is 0 Å². The van der Waals surface area contributed by atoms with E-state index in [4.69, 9.17) is 0 Å². The van der Waals surface area contributed by atoms with Crippen LogP contribution >= 0.6 is 0 Å². The lowest BCUT2D eigenvalue weighted by molar-refractivity contribution is 0.670. The number of hydrogen-bond acceptors (Lipinski definition) is 3. The summed E-state index contributed by atoms with van der Waals surface area (Å²) in [5.41, 5.74) is 3.43. The van der Waals surface area contributed by atoms with Crippen molar-refractivity contribution in [2.75, 3.05) is 7.05 Å². The Bertz CT molecular complexity index is 732. The molecule has 2 heterocycles. The smallest absolute Gasteiger partial charge is 0.0772 e. The summed E-state index contributed by atoms with van der Waals surface area (Å²) in [6, 6.07) is 12.5. The Morgan fingerprint density at radius 2 is 1.90 bits per heavy atom. The molecule has 0 amide bonds. The van der Waals surface area contributed by atoms with Gasteiger partial charge in [0.2, 0.25) is 0 Å². The Kier molecular flexibility index (Phi) is 3.44. The van der Waals surface area contributed by atoms with Crippen LogP contribution in [0.2, 0.25) is 0 Å². The fourth-order valence-corrected chi connectivity index (χ4v) is 2.59. The van der Waals surface area contributed by atoms with E-state index in [0.717, 1.165) is 5.69 Å². The highest BCUT2D eigenvalue weighted by Crippen LogP contribution is 2.28. The molecule has 0 spiro atoms. The van der Waals surface area contributed by atoms with Crippen molar-refractivity contribution < 1.29 is 0 Å². The van der Waals surface area contributed by atoms with Crippen LogP contribution in [0.4, 0.5) is 0 Å². The molecule has 20 heavy (non-hydrogen) atoms. The highest BCUT2D eigenvalue weighted by molar-refractivity contribution is 5.85. The minimum atomic E-state index is 0.0507. The van der Waals surface area contributed by atoms with Gasteiger partial charge in [0, 0.05) is 24.0 Å². The van der Waals surface area contributed by atoms with Crippen molar-refractivity contribution in [2.45, 2.75) is 13.0 Å². The van der Waals surface area contributed by atoms with Gasteiger partial charge in [-0.1, -0.05) is 24.3 Å². The quantitative estimate of drug-likeness (QED) is 0.788. The van der Waals surface area contributed by atoms with Gasteiger partial charge in [-0.25, -0.2) is 0 Å². The van der Waals surface area contributed by atoms with Gasteiger partial charge in [-0.05, 0) is 42.6 Å². The van der Waals surface area contributed by atoms with Crippen molar-refractivity contribution in [3.8, 4) is 0 Å². The number of pyridine rings is 2. The minimum Gasteiger partial charge on any atom is -0.308 e. The summed E-state index contributed by atoms with van der Waals surface area (Å²) >= 11 is 0. The first-order valence-electron chi connectivity index (χ1n) is 6.72. The first kappa shape index (κ1) is 12.8. The number of aryl methyl sites for hydroxylation is 1. The lowest BCUT2D eigenvalue weighted by Crippen LogP contribution is -2.20. The first-order chi connectivity index (χ1) is 9.81. The second kappa shape index (κ2) is 5.39. The standard InChI is InChI=1S/C17H17N3/c1-12-7-9-19-11-15(12)16(18-2)17-14-6-4-3-5-13(14)8-10-20-17/h3-11,16,18H,1-2H3. The van der Waals surface area contributed by atoms with E-state index >= 15 is 0 Å². The van der Waals surface area contributed by atoms with Crippen LogP contribution in [0.3, 0.4) is 0 Å². The van der Waals surface area contributed by atoms with E-state index in [-0.39, 0.29) is 6.04 Å². The summed E-state index contributed by atoms with van der Waals surface area (Å²) in [7, 11) is 1.96. The Balaban J connectivity index is 2.20. The molecule has 1 aromatic carbocycles. The lowest BCUT2D eigenvalue weighted by atomic mass is 9.97. The summed E-state index contributed by atoms with van der Waals surface area (Å²) in [6.45, 7) is 2.10. The van der Waals surface area contributed by atoms with Crippen LogP contribution in [0.15, 0.2) is 55.0 Å². The van der Waals surface area contributed by atoms with E-state index in [1.165, 1.54) is 21.9 Å². The number of rotatable bonds is 3. The van der Waals surface area contributed by atoms with Crippen LogP contribution < -0.4 is 5.32 Å². The van der Waals surface area contributed by atoms with Crippen molar-refractivity contribution in [1.29, 1.82) is 0 Å². The molecule has 0 aliphatic rings. The molecule has 3 heteroatoms. The van der Waals surface area contributed by atoms with Crippen LogP contribution in [-0.4, -0.2) is 17.0 Å². The molecular formula is C17H17N3. The molecule has 100 valence electrons. The molecule has 0 saturated carbocycles. The number of benzene rings is 1. The van der Waals surface area contributed by atoms with Crippen LogP contribution in [-0.2, 0) is 0 Å². The third kappa shape index (κ3) is 2.17. The van der Waals surface area contributed by atoms with Crippen LogP contribution in [0.1, 0.15) is 22.9 Å². The highest BCUT2D eigenvalue weighted by Gasteiger charge is 2.17. The largest absolute Gasteiger partial charge is 0.308 e. The lowest BCUT2D eigenvalue weighted by Gasteiger charge is -2.19. The molecule has 0 saturated heterocycles. The van der Waals surface area contributed by atoms with Crippen molar-refractivity contribution >= 4 is 10.8 Å². The first-order valence-corrected chi connectivity index (χ1v) is 6.72. The van der Waals surface area contributed by atoms with E-state index in [1.54, 1.807) is 0 Å². The van der Waals surface area contributed by atoms with Gasteiger partial charge in [0.15, 0.2) is 0 Å². The Labute approximate surface area is 118 Å². The van der Waals surface area contributed by atoms with E-state index < -0.39 is 0 Å². The van der Waals surface area contributed by atoms with Crippen LogP contribution in [0.25, 0.3) is 10.8 Å². The number of aromatic nitrogens is 2. The third-order valence-electron chi connectivity index (χ3n) is 3.66. The topological polar surface area (TPSA) is 37.8 Å². The van der Waals surface area contributed by atoms with Crippen molar-refractivity contribution in [1.82, 2.24) is 15.3 Å². The summed E-state index contributed by atoms with van der Waals surface area (Å²) in [5, 5.41) is 5.75. The van der Waals surface area contributed by atoms with Crippen molar-refractivity contribution in [3.63, 3.8) is 0 Å². The number of fused-ring (bicyclic) bond motifs is 1. The van der Waals surface area contributed by atoms with E-state index in [0.29, 0.717) is 0 Å². The van der Waals surface area contributed by atoms with E-state index in [2.05, 4.69) is 46.5 Å². The van der Waals surface area contributed by atoms with Crippen LogP contribution in [0, 0.1) is 6.92 Å². The number of nitrogens with one attached hydrogen (secondary N) is 1. The van der Waals surface area contributed by atoms with E-state index in [9.17, 15) is 0 Å². The molecule has 0 bridgehead atoms. The Hall–Kier alpha value is -2.26. The minimum absolute atomic E-state index is 0.0507. The predicted molar refractivity (Wildman–Crippen MR) is 81.6 cm³/mol. The second-order valence-corrected chi connectivity index (χ2v) is 4.87. The maximum Gasteiger partial charge on any atom is 0.0772 e. The van der Waals surface area contributed by atoms with Gasteiger partial charge >= 0.3 is 0 Å². The zero-order valence-corrected chi connectivity index (χ0v) is 11.7. The maximum atomic E-state index is 4.61. The summed E-state index contributed by atoms with van der Waals surface area (Å²) < 4.78 is 0. The normalized spacial score (nSPS) is 12.5. The molecule has 0 aliphatic carbocycles. The Morgan fingerprint density at radius 1 is 1.05 bits per heavy atom. The fraction of sp³-hybridized carbons (Fsp3) is 0.176. The van der Waals surface area contributed by atoms with Gasteiger partial charge < -0.3 is 5.32 Å². The molecule has 1 atom stereocenters. The number of nitrogens with zero attached hydrogens (tertiary/aromatic N) is 2.